The number of ether oxygens (including phenoxy) is 3. The maximum atomic E-state index is 14.8. The molecule has 0 saturated carbocycles. The number of esters is 1. The zero-order valence-electron chi connectivity index (χ0n) is 24.1. The normalized spacial score (nSPS) is 23.4. The number of methoxy groups -OCH3 is 1. The topological polar surface area (TPSA) is 137 Å². The molecule has 0 spiro atoms. The Morgan fingerprint density at radius 1 is 1.05 bits per heavy atom. The summed E-state index contributed by atoms with van der Waals surface area (Å²) in [4.78, 5) is 50.0. The molecule has 2 unspecified atom stereocenters. The van der Waals surface area contributed by atoms with E-state index in [0.717, 1.165) is 18.5 Å². The number of nitrogens with zero attached hydrogens (tertiary/aromatic N) is 4. The number of carbonyl (C=O) groups is 3. The Morgan fingerprint density at radius 2 is 1.76 bits per heavy atom. The van der Waals surface area contributed by atoms with Crippen molar-refractivity contribution >= 4 is 40.6 Å². The standard InChI is InChI=1S/C30H38N6O6/c1-3-42-28(38)27(31)24-13-15-36(23-10-8-22(9-11-23)35-14-5-4-6-26(35)37)29(39)30(24,34-16-18-41-19-17-34)33-21-7-12-25(40-2)32-20-21/h7-12,20,24,31,33H,3-6,13-19H2,1-2H3. The van der Waals surface area contributed by atoms with Gasteiger partial charge in [-0.15, -0.1) is 0 Å². The summed E-state index contributed by atoms with van der Waals surface area (Å²) in [6.45, 7) is 4.42. The molecule has 0 aliphatic carbocycles. The zero-order valence-corrected chi connectivity index (χ0v) is 24.1. The molecule has 2 N–H and O–H groups in total. The van der Waals surface area contributed by atoms with E-state index in [1.165, 1.54) is 7.11 Å². The van der Waals surface area contributed by atoms with Gasteiger partial charge in [-0.05, 0) is 56.5 Å². The maximum absolute atomic E-state index is 14.8. The summed E-state index contributed by atoms with van der Waals surface area (Å²) in [6.07, 6.45) is 4.30. The van der Waals surface area contributed by atoms with Gasteiger partial charge in [0.25, 0.3) is 5.91 Å². The quantitative estimate of drug-likeness (QED) is 0.340. The summed E-state index contributed by atoms with van der Waals surface area (Å²) in [5.74, 6) is -1.34. The Morgan fingerprint density at radius 3 is 2.38 bits per heavy atom. The monoisotopic (exact) mass is 578 g/mol. The van der Waals surface area contributed by atoms with Gasteiger partial charge in [-0.3, -0.25) is 19.9 Å². The molecule has 3 aliphatic rings. The third kappa shape index (κ3) is 5.68. The molecule has 0 radical (unpaired) electrons. The van der Waals surface area contributed by atoms with Crippen LogP contribution in [0.3, 0.4) is 0 Å². The number of benzene rings is 1. The number of amides is 2. The first kappa shape index (κ1) is 29.5. The fourth-order valence-corrected chi connectivity index (χ4v) is 6.05. The highest BCUT2D eigenvalue weighted by Crippen LogP contribution is 2.39. The Kier molecular flexibility index (Phi) is 9.03. The number of hydrogen-bond acceptors (Lipinski definition) is 10. The minimum atomic E-state index is -1.50. The predicted octanol–water partition coefficient (Wildman–Crippen LogP) is 2.68. The highest BCUT2D eigenvalue weighted by atomic mass is 16.5. The number of rotatable bonds is 9. The van der Waals surface area contributed by atoms with E-state index >= 15 is 0 Å². The molecule has 2 aromatic rings. The second kappa shape index (κ2) is 12.9. The van der Waals surface area contributed by atoms with E-state index < -0.39 is 17.6 Å². The van der Waals surface area contributed by atoms with E-state index in [0.29, 0.717) is 69.5 Å². The van der Waals surface area contributed by atoms with Crippen molar-refractivity contribution in [1.29, 1.82) is 5.41 Å². The van der Waals surface area contributed by atoms with Gasteiger partial charge in [-0.25, -0.2) is 9.78 Å². The molecule has 2 amide bonds. The van der Waals surface area contributed by atoms with Gasteiger partial charge in [-0.2, -0.15) is 0 Å². The molecular weight excluding hydrogens is 540 g/mol. The molecule has 42 heavy (non-hydrogen) atoms. The van der Waals surface area contributed by atoms with Gasteiger partial charge in [-0.1, -0.05) is 0 Å². The van der Waals surface area contributed by atoms with Crippen LogP contribution in [-0.2, 0) is 23.9 Å². The van der Waals surface area contributed by atoms with Crippen LogP contribution < -0.4 is 19.9 Å². The van der Waals surface area contributed by atoms with Crippen LogP contribution in [0.5, 0.6) is 5.88 Å². The lowest BCUT2D eigenvalue weighted by atomic mass is 9.78. The number of aromatic nitrogens is 1. The minimum Gasteiger partial charge on any atom is -0.481 e. The zero-order chi connectivity index (χ0) is 29.7. The molecule has 5 rings (SSSR count). The first-order valence-corrected chi connectivity index (χ1v) is 14.5. The smallest absolute Gasteiger partial charge is 0.352 e. The second-order valence-electron chi connectivity index (χ2n) is 10.5. The van der Waals surface area contributed by atoms with Crippen LogP contribution in [0, 0.1) is 11.3 Å². The average Bonchev–Trinajstić information content (AvgIpc) is 3.03. The van der Waals surface area contributed by atoms with Gasteiger partial charge in [0.2, 0.25) is 11.8 Å². The molecule has 0 bridgehead atoms. The van der Waals surface area contributed by atoms with E-state index in [1.54, 1.807) is 35.1 Å². The van der Waals surface area contributed by atoms with Crippen molar-refractivity contribution in [3.05, 3.63) is 42.6 Å². The van der Waals surface area contributed by atoms with Crippen molar-refractivity contribution in [2.45, 2.75) is 38.3 Å². The lowest BCUT2D eigenvalue weighted by Crippen LogP contribution is -2.74. The van der Waals surface area contributed by atoms with E-state index in [4.69, 9.17) is 19.6 Å². The van der Waals surface area contributed by atoms with Crippen LogP contribution in [0.4, 0.5) is 17.1 Å². The third-order valence-corrected chi connectivity index (χ3v) is 8.15. The highest BCUT2D eigenvalue weighted by Gasteiger charge is 2.58. The number of pyridine rings is 1. The molecular formula is C30H38N6O6. The Balaban J connectivity index is 1.55. The van der Waals surface area contributed by atoms with E-state index in [-0.39, 0.29) is 24.1 Å². The van der Waals surface area contributed by atoms with Crippen LogP contribution in [0.25, 0.3) is 0 Å². The fraction of sp³-hybridized carbons (Fsp3) is 0.500. The minimum absolute atomic E-state index is 0.104. The Labute approximate surface area is 245 Å². The first-order valence-electron chi connectivity index (χ1n) is 14.5. The van der Waals surface area contributed by atoms with E-state index in [2.05, 4.69) is 10.3 Å². The molecule has 3 fully saturated rings. The lowest BCUT2D eigenvalue weighted by molar-refractivity contribution is -0.139. The van der Waals surface area contributed by atoms with Crippen molar-refractivity contribution in [2.75, 3.05) is 68.2 Å². The highest BCUT2D eigenvalue weighted by molar-refractivity contribution is 6.37. The van der Waals surface area contributed by atoms with Gasteiger partial charge in [0.1, 0.15) is 5.71 Å². The third-order valence-electron chi connectivity index (χ3n) is 8.15. The Bertz CT molecular complexity index is 1300. The van der Waals surface area contributed by atoms with Gasteiger partial charge in [0.15, 0.2) is 5.66 Å². The molecule has 3 saturated heterocycles. The number of anilines is 3. The predicted molar refractivity (Wildman–Crippen MR) is 157 cm³/mol. The molecule has 12 nitrogen and oxygen atoms in total. The van der Waals surface area contributed by atoms with Crippen molar-refractivity contribution in [3.8, 4) is 5.88 Å². The first-order chi connectivity index (χ1) is 20.4. The second-order valence-corrected chi connectivity index (χ2v) is 10.5. The summed E-state index contributed by atoms with van der Waals surface area (Å²) in [7, 11) is 1.52. The van der Waals surface area contributed by atoms with Crippen LogP contribution >= 0.6 is 0 Å². The lowest BCUT2D eigenvalue weighted by Gasteiger charge is -2.53. The molecule has 4 heterocycles. The molecule has 1 aromatic carbocycles. The molecule has 3 aliphatic heterocycles. The molecule has 2 atom stereocenters. The van der Waals surface area contributed by atoms with E-state index in [1.807, 2.05) is 29.2 Å². The van der Waals surface area contributed by atoms with Crippen LogP contribution in [0.15, 0.2) is 42.6 Å². The van der Waals surface area contributed by atoms with E-state index in [9.17, 15) is 14.4 Å². The summed E-state index contributed by atoms with van der Waals surface area (Å²) in [5.41, 5.74) is 0.254. The summed E-state index contributed by atoms with van der Waals surface area (Å²) in [5, 5.41) is 12.3. The van der Waals surface area contributed by atoms with Crippen molar-refractivity contribution in [2.24, 2.45) is 5.92 Å². The average molecular weight is 579 g/mol. The number of morpholine rings is 1. The van der Waals surface area contributed by atoms with Crippen LogP contribution in [0.1, 0.15) is 32.6 Å². The largest absolute Gasteiger partial charge is 0.481 e. The summed E-state index contributed by atoms with van der Waals surface area (Å²) >= 11 is 0. The van der Waals surface area contributed by atoms with Gasteiger partial charge >= 0.3 is 5.97 Å². The van der Waals surface area contributed by atoms with Gasteiger partial charge in [0.05, 0.1) is 44.7 Å². The van der Waals surface area contributed by atoms with Crippen molar-refractivity contribution in [3.63, 3.8) is 0 Å². The van der Waals surface area contributed by atoms with Crippen LogP contribution in [-0.4, -0.2) is 92.2 Å². The van der Waals surface area contributed by atoms with Crippen molar-refractivity contribution in [1.82, 2.24) is 9.88 Å². The molecule has 224 valence electrons. The molecule has 1 aromatic heterocycles. The Hall–Kier alpha value is -4.03. The van der Waals surface area contributed by atoms with Gasteiger partial charge in [0, 0.05) is 50.0 Å². The van der Waals surface area contributed by atoms with Crippen LogP contribution in [0.2, 0.25) is 0 Å². The summed E-state index contributed by atoms with van der Waals surface area (Å²) < 4.78 is 16.1. The maximum Gasteiger partial charge on any atom is 0.352 e. The number of carbonyl (C=O) groups excluding carboxylic acids is 3. The number of hydrogen-bond donors (Lipinski definition) is 2. The van der Waals surface area contributed by atoms with Gasteiger partial charge < -0.3 is 29.3 Å². The van der Waals surface area contributed by atoms with Crippen molar-refractivity contribution < 1.29 is 28.6 Å². The SMILES string of the molecule is CCOC(=O)C(=N)C1CCN(c2ccc(N3CCCCC3=O)cc2)C(=O)C1(Nc1ccc(OC)nc1)N1CCOCC1. The fourth-order valence-electron chi connectivity index (χ4n) is 6.05. The summed E-state index contributed by atoms with van der Waals surface area (Å²) in [6, 6.07) is 10.9. The number of nitrogens with one attached hydrogen (secondary N) is 2. The number of piperidine rings is 2. The molecule has 12 heteroatoms.